The molecule has 0 aliphatic heterocycles. The molecule has 0 radical (unpaired) electrons. The Kier molecular flexibility index (Phi) is 4.71. The van der Waals surface area contributed by atoms with Gasteiger partial charge in [-0.05, 0) is 0 Å². The molecular weight excluding hydrogens is 171 g/mol. The van der Waals surface area contributed by atoms with E-state index in [2.05, 4.69) is 4.74 Å². The maximum atomic E-state index is 10.3. The molecule has 0 rings (SSSR count). The summed E-state index contributed by atoms with van der Waals surface area (Å²) in [6, 6.07) is 0. The summed E-state index contributed by atoms with van der Waals surface area (Å²) in [4.78, 5) is 12.1. The first kappa shape index (κ1) is 7.73. The third kappa shape index (κ3) is 3.90. The van der Waals surface area contributed by atoms with Gasteiger partial charge in [0.2, 0.25) is 0 Å². The van der Waals surface area contributed by atoms with E-state index in [1.54, 1.807) is 0 Å². The Morgan fingerprint density at radius 3 is 2.75 bits per heavy atom. The minimum absolute atomic E-state index is 0.270. The van der Waals surface area contributed by atoms with E-state index in [0.717, 1.165) is 0 Å². The van der Waals surface area contributed by atoms with Crippen LogP contribution in [0.25, 0.3) is 0 Å². The second-order valence-corrected chi connectivity index (χ2v) is 2.62. The summed E-state index contributed by atoms with van der Waals surface area (Å²) in [5, 5.41) is 0. The summed E-state index contributed by atoms with van der Waals surface area (Å²) in [6.07, 6.45) is 1.44. The molecule has 46 valence electrons. The zero-order valence-electron chi connectivity index (χ0n) is 4.88. The third-order valence-electron chi connectivity index (χ3n) is 0.541. The number of esters is 1. The van der Waals surface area contributed by atoms with Crippen molar-refractivity contribution in [2.45, 2.75) is 5.82 Å². The van der Waals surface area contributed by atoms with Crippen LogP contribution >= 0.6 is 0 Å². The molecule has 8 heavy (non-hydrogen) atoms. The molecule has 0 heterocycles. The molecule has 0 spiro atoms. The molecule has 0 aliphatic carbocycles. The van der Waals surface area contributed by atoms with Crippen LogP contribution in [0.2, 0.25) is 5.82 Å². The fourth-order valence-corrected chi connectivity index (χ4v) is 0.710. The first-order valence-corrected chi connectivity index (χ1v) is 4.78. The molecule has 0 unspecified atom stereocenters. The predicted molar refractivity (Wildman–Crippen MR) is 32.8 cm³/mol. The van der Waals surface area contributed by atoms with Gasteiger partial charge in [0.15, 0.2) is 0 Å². The van der Waals surface area contributed by atoms with Crippen molar-refractivity contribution in [3.05, 3.63) is 11.1 Å². The fourth-order valence-electron chi connectivity index (χ4n) is 0.192. The molecule has 0 saturated heterocycles. The Morgan fingerprint density at radius 2 is 2.38 bits per heavy atom. The molecule has 0 bridgehead atoms. The summed E-state index contributed by atoms with van der Waals surface area (Å²) < 4.78 is 4.34. The number of carbonyl (C=O) groups excluding carboxylic acids is 1. The molecule has 3 heteroatoms. The molecular formula is C5H8O2Se. The Balaban J connectivity index is 3.37. The van der Waals surface area contributed by atoms with Gasteiger partial charge < -0.3 is 0 Å². The Bertz CT molecular complexity index is 98.6. The van der Waals surface area contributed by atoms with Crippen molar-refractivity contribution in [3.63, 3.8) is 0 Å². The van der Waals surface area contributed by atoms with Gasteiger partial charge >= 0.3 is 54.4 Å². The second kappa shape index (κ2) is 4.88. The number of hydrogen-bond acceptors (Lipinski definition) is 2. The van der Waals surface area contributed by atoms with E-state index in [9.17, 15) is 4.79 Å². The van der Waals surface area contributed by atoms with Gasteiger partial charge in [0.05, 0.1) is 0 Å². The van der Waals surface area contributed by atoms with Crippen LogP contribution in [0.5, 0.6) is 0 Å². The van der Waals surface area contributed by atoms with Gasteiger partial charge in [-0.2, -0.15) is 0 Å². The third-order valence-corrected chi connectivity index (χ3v) is 1.40. The van der Waals surface area contributed by atoms with E-state index in [1.165, 1.54) is 13.2 Å². The van der Waals surface area contributed by atoms with Gasteiger partial charge in [0, 0.05) is 0 Å². The average Bonchev–Trinajstić information content (AvgIpc) is 1.83. The first-order chi connectivity index (χ1) is 3.81. The molecule has 0 aliphatic rings. The number of carbonyl (C=O) groups is 1. The monoisotopic (exact) mass is 180 g/mol. The van der Waals surface area contributed by atoms with E-state index in [1.807, 2.05) is 10.8 Å². The number of rotatable bonds is 2. The van der Waals surface area contributed by atoms with Crippen LogP contribution in [0.15, 0.2) is 11.1 Å². The van der Waals surface area contributed by atoms with Gasteiger partial charge in [-0.3, -0.25) is 0 Å². The SMILES string of the molecule is COC(=O)/C=C\[Se]C. The first-order valence-electron chi connectivity index (χ1n) is 2.08. The van der Waals surface area contributed by atoms with Crippen LogP contribution in [0.4, 0.5) is 0 Å². The van der Waals surface area contributed by atoms with Crippen LogP contribution < -0.4 is 0 Å². The van der Waals surface area contributed by atoms with E-state index in [4.69, 9.17) is 0 Å². The van der Waals surface area contributed by atoms with Crippen molar-refractivity contribution in [2.24, 2.45) is 0 Å². The van der Waals surface area contributed by atoms with Crippen LogP contribution in [0.1, 0.15) is 0 Å². The summed E-state index contributed by atoms with van der Waals surface area (Å²) >= 11 is 0.425. The summed E-state index contributed by atoms with van der Waals surface area (Å²) in [6.45, 7) is 0. The Morgan fingerprint density at radius 1 is 1.75 bits per heavy atom. The molecule has 0 aromatic carbocycles. The van der Waals surface area contributed by atoms with Gasteiger partial charge in [0.1, 0.15) is 0 Å². The zero-order chi connectivity index (χ0) is 6.41. The summed E-state index contributed by atoms with van der Waals surface area (Å²) in [5.74, 6) is 1.75. The summed E-state index contributed by atoms with van der Waals surface area (Å²) in [7, 11) is 1.37. The van der Waals surface area contributed by atoms with Crippen LogP contribution in [-0.2, 0) is 9.53 Å². The minimum atomic E-state index is -0.270. The van der Waals surface area contributed by atoms with E-state index in [-0.39, 0.29) is 5.97 Å². The van der Waals surface area contributed by atoms with E-state index >= 15 is 0 Å². The quantitative estimate of drug-likeness (QED) is 0.349. The standard InChI is InChI=1S/C5H8O2Se/c1-7-5(6)3-4-8-2/h3-4H,1-2H3/b4-3-. The number of methoxy groups -OCH3 is 1. The average molecular weight is 179 g/mol. The normalized spacial score (nSPS) is 9.75. The van der Waals surface area contributed by atoms with Crippen molar-refractivity contribution < 1.29 is 9.53 Å². The zero-order valence-corrected chi connectivity index (χ0v) is 6.59. The van der Waals surface area contributed by atoms with Crippen molar-refractivity contribution in [1.82, 2.24) is 0 Å². The predicted octanol–water partition coefficient (Wildman–Crippen LogP) is 0.425. The molecule has 0 amide bonds. The van der Waals surface area contributed by atoms with Gasteiger partial charge in [0.25, 0.3) is 0 Å². The Hall–Kier alpha value is -0.271. The number of hydrogen-bond donors (Lipinski definition) is 0. The molecule has 0 atom stereocenters. The van der Waals surface area contributed by atoms with Crippen molar-refractivity contribution in [1.29, 1.82) is 0 Å². The second-order valence-electron chi connectivity index (χ2n) is 1.06. The Labute approximate surface area is 55.1 Å². The summed E-state index contributed by atoms with van der Waals surface area (Å²) in [5.41, 5.74) is 0. The molecule has 0 aromatic heterocycles. The van der Waals surface area contributed by atoms with Gasteiger partial charge in [-0.15, -0.1) is 0 Å². The molecule has 2 nitrogen and oxygen atoms in total. The molecule has 0 saturated carbocycles. The van der Waals surface area contributed by atoms with Crippen molar-refractivity contribution >= 4 is 20.9 Å². The fraction of sp³-hybridized carbons (Fsp3) is 0.400. The van der Waals surface area contributed by atoms with Crippen molar-refractivity contribution in [3.8, 4) is 0 Å². The van der Waals surface area contributed by atoms with Gasteiger partial charge in [-0.1, -0.05) is 0 Å². The van der Waals surface area contributed by atoms with Crippen molar-refractivity contribution in [2.75, 3.05) is 7.11 Å². The maximum absolute atomic E-state index is 10.3. The van der Waals surface area contributed by atoms with Crippen LogP contribution in [-0.4, -0.2) is 28.0 Å². The molecule has 0 aromatic rings. The molecule has 0 N–H and O–H groups in total. The van der Waals surface area contributed by atoms with Crippen LogP contribution in [0, 0.1) is 0 Å². The van der Waals surface area contributed by atoms with E-state index in [0.29, 0.717) is 15.0 Å². The number of ether oxygens (including phenoxy) is 1. The van der Waals surface area contributed by atoms with Gasteiger partial charge in [-0.25, -0.2) is 0 Å². The van der Waals surface area contributed by atoms with E-state index < -0.39 is 0 Å². The molecule has 0 fully saturated rings. The topological polar surface area (TPSA) is 26.3 Å². The van der Waals surface area contributed by atoms with Crippen LogP contribution in [0.3, 0.4) is 0 Å².